The third-order valence-corrected chi connectivity index (χ3v) is 6.96. The van der Waals surface area contributed by atoms with Crippen LogP contribution in [0.3, 0.4) is 0 Å². The maximum absolute atomic E-state index is 13.7. The molecule has 2 unspecified atom stereocenters. The predicted molar refractivity (Wildman–Crippen MR) is 161 cm³/mol. The van der Waals surface area contributed by atoms with Crippen LogP contribution < -0.4 is 16.0 Å². The smallest absolute Gasteiger partial charge is 0.330 e. The van der Waals surface area contributed by atoms with E-state index in [4.69, 9.17) is 10.5 Å². The number of hydrogen-bond donors (Lipinski definition) is 4. The second-order valence-corrected chi connectivity index (χ2v) is 11.4. The molecule has 4 aromatic rings. The van der Waals surface area contributed by atoms with Gasteiger partial charge in [-0.1, -0.05) is 60.7 Å². The SMILES string of the molecule is CC(CC(=O)O)N(c1c[nH]c2ccccc12)[C@@H](CNC(Cc1ccc2ccccc2c1)C(N)=O)C(=O)OC(C)(C)C. The van der Waals surface area contributed by atoms with E-state index in [0.717, 1.165) is 27.2 Å². The van der Waals surface area contributed by atoms with Crippen molar-refractivity contribution in [1.82, 2.24) is 10.3 Å². The molecule has 0 bridgehead atoms. The number of H-pyrrole nitrogens is 1. The molecule has 1 heterocycles. The van der Waals surface area contributed by atoms with E-state index in [1.54, 1.807) is 38.8 Å². The normalized spacial score (nSPS) is 14.0. The summed E-state index contributed by atoms with van der Waals surface area (Å²) in [5, 5.41) is 15.8. The highest BCUT2D eigenvalue weighted by atomic mass is 16.6. The highest BCUT2D eigenvalue weighted by molar-refractivity contribution is 5.95. The number of ether oxygens (including phenoxy) is 1. The number of benzene rings is 3. The van der Waals surface area contributed by atoms with Crippen molar-refractivity contribution in [3.63, 3.8) is 0 Å². The van der Waals surface area contributed by atoms with Gasteiger partial charge in [-0.3, -0.25) is 9.59 Å². The number of para-hydroxylation sites is 1. The second-order valence-electron chi connectivity index (χ2n) is 11.4. The molecule has 0 spiro atoms. The molecule has 0 fully saturated rings. The maximum Gasteiger partial charge on any atom is 0.330 e. The number of primary amides is 1. The van der Waals surface area contributed by atoms with Crippen molar-refractivity contribution < 1.29 is 24.2 Å². The van der Waals surface area contributed by atoms with Crippen LogP contribution in [0.15, 0.2) is 72.9 Å². The van der Waals surface area contributed by atoms with Gasteiger partial charge < -0.3 is 30.8 Å². The van der Waals surface area contributed by atoms with Gasteiger partial charge in [0.25, 0.3) is 0 Å². The molecule has 0 aliphatic heterocycles. The summed E-state index contributed by atoms with van der Waals surface area (Å²) in [6.45, 7) is 7.08. The van der Waals surface area contributed by atoms with Gasteiger partial charge in [-0.15, -0.1) is 0 Å². The Bertz CT molecular complexity index is 1540. The molecule has 0 saturated carbocycles. The number of carboxylic acids is 1. The fourth-order valence-corrected chi connectivity index (χ4v) is 5.13. The average molecular weight is 559 g/mol. The molecule has 3 atom stereocenters. The van der Waals surface area contributed by atoms with Crippen molar-refractivity contribution >= 4 is 45.2 Å². The van der Waals surface area contributed by atoms with E-state index in [2.05, 4.69) is 10.3 Å². The number of nitrogens with one attached hydrogen (secondary N) is 2. The van der Waals surface area contributed by atoms with Gasteiger partial charge in [0.15, 0.2) is 0 Å². The maximum atomic E-state index is 13.7. The van der Waals surface area contributed by atoms with Crippen LogP contribution in [-0.4, -0.2) is 58.2 Å². The summed E-state index contributed by atoms with van der Waals surface area (Å²) in [4.78, 5) is 43.1. The van der Waals surface area contributed by atoms with Crippen molar-refractivity contribution in [3.05, 3.63) is 78.5 Å². The molecule has 3 aromatic carbocycles. The molecule has 0 radical (unpaired) electrons. The number of aromatic amines is 1. The van der Waals surface area contributed by atoms with Crippen LogP contribution in [0.4, 0.5) is 5.69 Å². The first-order valence-corrected chi connectivity index (χ1v) is 13.7. The number of aromatic nitrogens is 1. The van der Waals surface area contributed by atoms with Gasteiger partial charge in [0, 0.05) is 29.7 Å². The molecule has 1 amide bonds. The molecular weight excluding hydrogens is 520 g/mol. The Morgan fingerprint density at radius 3 is 2.39 bits per heavy atom. The molecule has 0 aliphatic rings. The summed E-state index contributed by atoms with van der Waals surface area (Å²) >= 11 is 0. The van der Waals surface area contributed by atoms with Crippen LogP contribution in [-0.2, 0) is 25.5 Å². The number of fused-ring (bicyclic) bond motifs is 2. The summed E-state index contributed by atoms with van der Waals surface area (Å²) in [6.07, 6.45) is 1.87. The monoisotopic (exact) mass is 558 g/mol. The van der Waals surface area contributed by atoms with Gasteiger partial charge >= 0.3 is 11.9 Å². The number of aliphatic carboxylic acids is 1. The zero-order chi connectivity index (χ0) is 29.7. The topological polar surface area (TPSA) is 138 Å². The fourth-order valence-electron chi connectivity index (χ4n) is 5.13. The molecule has 9 heteroatoms. The van der Waals surface area contributed by atoms with E-state index < -0.39 is 41.6 Å². The first-order chi connectivity index (χ1) is 19.4. The minimum atomic E-state index is -0.996. The van der Waals surface area contributed by atoms with E-state index in [1.165, 1.54) is 0 Å². The Balaban J connectivity index is 1.68. The van der Waals surface area contributed by atoms with Crippen molar-refractivity contribution in [2.45, 2.75) is 64.3 Å². The van der Waals surface area contributed by atoms with E-state index in [9.17, 15) is 19.5 Å². The largest absolute Gasteiger partial charge is 0.481 e. The molecular formula is C32H38N4O5. The minimum Gasteiger partial charge on any atom is -0.481 e. The van der Waals surface area contributed by atoms with E-state index in [-0.39, 0.29) is 13.0 Å². The third kappa shape index (κ3) is 7.43. The lowest BCUT2D eigenvalue weighted by atomic mass is 10.0. The molecule has 5 N–H and O–H groups in total. The second kappa shape index (κ2) is 12.4. The molecule has 0 aliphatic carbocycles. The van der Waals surface area contributed by atoms with Crippen molar-refractivity contribution in [2.24, 2.45) is 5.73 Å². The van der Waals surface area contributed by atoms with Gasteiger partial charge in [0.2, 0.25) is 5.91 Å². The number of anilines is 1. The standard InChI is InChI=1S/C32H38N4O5/c1-20(15-29(37)38)36(27-18-34-25-12-8-7-11-24(25)27)28(31(40)41-32(2,3)4)19-35-26(30(33)39)17-21-13-14-22-9-5-6-10-23(22)16-21/h5-14,16,18,20,26,28,34-35H,15,17,19H2,1-4H3,(H2,33,39)(H,37,38)/t20?,26?,28-/m0/s1. The van der Waals surface area contributed by atoms with E-state index in [1.807, 2.05) is 66.7 Å². The van der Waals surface area contributed by atoms with Crippen molar-refractivity contribution in [2.75, 3.05) is 11.4 Å². The predicted octanol–water partition coefficient (Wildman–Crippen LogP) is 4.39. The van der Waals surface area contributed by atoms with Crippen LogP contribution in [0.25, 0.3) is 21.7 Å². The number of nitrogens with zero attached hydrogens (tertiary/aromatic N) is 1. The summed E-state index contributed by atoms with van der Waals surface area (Å²) < 4.78 is 5.81. The Morgan fingerprint density at radius 1 is 1.02 bits per heavy atom. The highest BCUT2D eigenvalue weighted by Gasteiger charge is 2.36. The Kier molecular flexibility index (Phi) is 8.98. The van der Waals surface area contributed by atoms with Crippen LogP contribution in [0.5, 0.6) is 0 Å². The van der Waals surface area contributed by atoms with Crippen LogP contribution in [0.2, 0.25) is 0 Å². The summed E-state index contributed by atoms with van der Waals surface area (Å²) in [6, 6.07) is 19.2. The zero-order valence-corrected chi connectivity index (χ0v) is 23.9. The molecule has 4 rings (SSSR count). The van der Waals surface area contributed by atoms with Crippen molar-refractivity contribution in [3.8, 4) is 0 Å². The van der Waals surface area contributed by atoms with Crippen LogP contribution in [0.1, 0.15) is 39.7 Å². The first-order valence-electron chi connectivity index (χ1n) is 13.7. The molecule has 41 heavy (non-hydrogen) atoms. The molecule has 216 valence electrons. The summed E-state index contributed by atoms with van der Waals surface area (Å²) in [5.41, 5.74) is 7.46. The van der Waals surface area contributed by atoms with Crippen LogP contribution >= 0.6 is 0 Å². The summed E-state index contributed by atoms with van der Waals surface area (Å²) in [5.74, 6) is -2.09. The molecule has 0 saturated heterocycles. The van der Waals surface area contributed by atoms with E-state index >= 15 is 0 Å². The number of carbonyl (C=O) groups excluding carboxylic acids is 2. The van der Waals surface area contributed by atoms with Gasteiger partial charge in [-0.25, -0.2) is 4.79 Å². The fraction of sp³-hybridized carbons (Fsp3) is 0.344. The summed E-state index contributed by atoms with van der Waals surface area (Å²) in [7, 11) is 0. The van der Waals surface area contributed by atoms with Gasteiger partial charge in [0.1, 0.15) is 11.6 Å². The first kappa shape index (κ1) is 29.6. The number of nitrogens with two attached hydrogens (primary N) is 1. The third-order valence-electron chi connectivity index (χ3n) is 6.96. The van der Waals surface area contributed by atoms with Crippen molar-refractivity contribution in [1.29, 1.82) is 0 Å². The number of esters is 1. The number of rotatable bonds is 12. The molecule has 1 aromatic heterocycles. The van der Waals surface area contributed by atoms with E-state index in [0.29, 0.717) is 12.1 Å². The zero-order valence-electron chi connectivity index (χ0n) is 23.9. The average Bonchev–Trinajstić information content (AvgIpc) is 3.32. The lowest BCUT2D eigenvalue weighted by molar-refractivity contribution is -0.157. The number of hydrogen-bond acceptors (Lipinski definition) is 6. The Morgan fingerprint density at radius 2 is 1.71 bits per heavy atom. The van der Waals surface area contributed by atoms with Gasteiger partial charge in [0.05, 0.1) is 18.2 Å². The lowest BCUT2D eigenvalue weighted by Crippen LogP contribution is -2.56. The van der Waals surface area contributed by atoms with Gasteiger partial charge in [-0.05, 0) is 56.5 Å². The van der Waals surface area contributed by atoms with Crippen LogP contribution in [0, 0.1) is 0 Å². The molecule has 9 nitrogen and oxygen atoms in total. The number of carboxylic acid groups (broad SMARTS) is 1. The minimum absolute atomic E-state index is 0.000429. The number of amides is 1. The van der Waals surface area contributed by atoms with Gasteiger partial charge in [-0.2, -0.15) is 0 Å². The Labute approximate surface area is 239 Å². The quantitative estimate of drug-likeness (QED) is 0.189. The highest BCUT2D eigenvalue weighted by Crippen LogP contribution is 2.31. The lowest BCUT2D eigenvalue weighted by Gasteiger charge is -2.38. The Hall–Kier alpha value is -4.37. The number of carbonyl (C=O) groups is 3.